The van der Waals surface area contributed by atoms with Crippen LogP contribution in [-0.2, 0) is 0 Å². The molecule has 0 aliphatic carbocycles. The van der Waals surface area contributed by atoms with Crippen LogP contribution in [0.4, 0.5) is 8.78 Å². The summed E-state index contributed by atoms with van der Waals surface area (Å²) in [5.74, 6) is -2.01. The molecular formula is C16H16ClF2NO. The Balaban J connectivity index is 2.44. The maximum atomic E-state index is 13.9. The average molecular weight is 312 g/mol. The fourth-order valence-corrected chi connectivity index (χ4v) is 2.60. The minimum atomic E-state index is -1.20. The van der Waals surface area contributed by atoms with Crippen LogP contribution in [0.5, 0.6) is 0 Å². The van der Waals surface area contributed by atoms with Gasteiger partial charge in [-0.3, -0.25) is 0 Å². The summed E-state index contributed by atoms with van der Waals surface area (Å²) in [5, 5.41) is 10.9. The van der Waals surface area contributed by atoms with Crippen molar-refractivity contribution in [2.45, 2.75) is 18.9 Å². The van der Waals surface area contributed by atoms with E-state index in [2.05, 4.69) is 0 Å². The number of aliphatic hydroxyl groups is 1. The maximum Gasteiger partial charge on any atom is 0.131 e. The molecule has 0 saturated carbocycles. The quantitative estimate of drug-likeness (QED) is 0.904. The monoisotopic (exact) mass is 311 g/mol. The first-order valence-electron chi connectivity index (χ1n) is 6.53. The van der Waals surface area contributed by atoms with Crippen molar-refractivity contribution in [3.8, 4) is 0 Å². The van der Waals surface area contributed by atoms with Gasteiger partial charge in [0.25, 0.3) is 0 Å². The van der Waals surface area contributed by atoms with Crippen LogP contribution < -0.4 is 5.73 Å². The van der Waals surface area contributed by atoms with Crippen LogP contribution in [0.3, 0.4) is 0 Å². The van der Waals surface area contributed by atoms with E-state index in [4.69, 9.17) is 17.3 Å². The molecule has 3 N–H and O–H groups in total. The summed E-state index contributed by atoms with van der Waals surface area (Å²) in [7, 11) is 0. The molecule has 2 aromatic carbocycles. The summed E-state index contributed by atoms with van der Waals surface area (Å²) in [6.07, 6.45) is -1.20. The zero-order valence-corrected chi connectivity index (χ0v) is 12.2. The molecule has 0 heterocycles. The molecule has 2 unspecified atom stereocenters. The molecule has 2 aromatic rings. The van der Waals surface area contributed by atoms with Crippen LogP contribution in [0.1, 0.15) is 28.7 Å². The van der Waals surface area contributed by atoms with Gasteiger partial charge in [0.05, 0.1) is 6.10 Å². The second kappa shape index (κ2) is 6.52. The van der Waals surface area contributed by atoms with Gasteiger partial charge in [0.15, 0.2) is 0 Å². The number of hydrogen-bond donors (Lipinski definition) is 2. The number of nitrogens with two attached hydrogens (primary N) is 1. The summed E-state index contributed by atoms with van der Waals surface area (Å²) in [6, 6.07) is 9.01. The van der Waals surface area contributed by atoms with Crippen LogP contribution in [0.25, 0.3) is 0 Å². The molecule has 0 amide bonds. The van der Waals surface area contributed by atoms with Gasteiger partial charge < -0.3 is 10.8 Å². The molecule has 0 radical (unpaired) electrons. The lowest BCUT2D eigenvalue weighted by molar-refractivity contribution is 0.143. The maximum absolute atomic E-state index is 13.9. The second-order valence-corrected chi connectivity index (χ2v) is 5.34. The highest BCUT2D eigenvalue weighted by atomic mass is 35.5. The summed E-state index contributed by atoms with van der Waals surface area (Å²) in [6.45, 7) is 1.60. The molecule has 0 aliphatic heterocycles. The van der Waals surface area contributed by atoms with Crippen molar-refractivity contribution in [3.63, 3.8) is 0 Å². The first-order valence-corrected chi connectivity index (χ1v) is 6.91. The molecule has 0 aromatic heterocycles. The molecule has 2 nitrogen and oxygen atoms in total. The Kier molecular flexibility index (Phi) is 4.93. The van der Waals surface area contributed by atoms with E-state index in [0.717, 1.165) is 6.07 Å². The summed E-state index contributed by atoms with van der Waals surface area (Å²) < 4.78 is 27.2. The van der Waals surface area contributed by atoms with Gasteiger partial charge >= 0.3 is 0 Å². The first kappa shape index (κ1) is 15.9. The van der Waals surface area contributed by atoms with Gasteiger partial charge in [0.1, 0.15) is 11.6 Å². The molecule has 0 bridgehead atoms. The fourth-order valence-electron chi connectivity index (χ4n) is 2.32. The Morgan fingerprint density at radius 2 is 1.81 bits per heavy atom. The predicted molar refractivity (Wildman–Crippen MR) is 79.3 cm³/mol. The molecule has 5 heteroatoms. The van der Waals surface area contributed by atoms with Crippen molar-refractivity contribution in [1.82, 2.24) is 0 Å². The average Bonchev–Trinajstić information content (AvgIpc) is 2.45. The Labute approximate surface area is 127 Å². The van der Waals surface area contributed by atoms with Crippen molar-refractivity contribution in [3.05, 3.63) is 69.7 Å². The largest absolute Gasteiger partial charge is 0.388 e. The van der Waals surface area contributed by atoms with Crippen LogP contribution in [-0.4, -0.2) is 11.7 Å². The van der Waals surface area contributed by atoms with Gasteiger partial charge in [-0.25, -0.2) is 8.78 Å². The second-order valence-electron chi connectivity index (χ2n) is 4.93. The number of hydrogen-bond acceptors (Lipinski definition) is 2. The summed E-state index contributed by atoms with van der Waals surface area (Å²) in [5.41, 5.74) is 6.63. The molecule has 0 saturated heterocycles. The summed E-state index contributed by atoms with van der Waals surface area (Å²) in [4.78, 5) is 0. The molecule has 21 heavy (non-hydrogen) atoms. The zero-order chi connectivity index (χ0) is 15.6. The van der Waals surface area contributed by atoms with Crippen molar-refractivity contribution >= 4 is 11.6 Å². The highest BCUT2D eigenvalue weighted by molar-refractivity contribution is 6.31. The predicted octanol–water partition coefficient (Wildman–Crippen LogP) is 3.70. The van der Waals surface area contributed by atoms with Crippen molar-refractivity contribution < 1.29 is 13.9 Å². The Morgan fingerprint density at radius 3 is 2.43 bits per heavy atom. The minimum absolute atomic E-state index is 0.0178. The lowest BCUT2D eigenvalue weighted by Gasteiger charge is -2.24. The smallest absolute Gasteiger partial charge is 0.131 e. The van der Waals surface area contributed by atoms with E-state index >= 15 is 0 Å². The zero-order valence-electron chi connectivity index (χ0n) is 11.5. The molecule has 0 spiro atoms. The molecule has 112 valence electrons. The van der Waals surface area contributed by atoms with Crippen molar-refractivity contribution in [1.29, 1.82) is 0 Å². The normalized spacial score (nSPS) is 14.0. The van der Waals surface area contributed by atoms with Crippen molar-refractivity contribution in [2.24, 2.45) is 5.73 Å². The molecule has 2 atom stereocenters. The van der Waals surface area contributed by atoms with Gasteiger partial charge in [0, 0.05) is 29.1 Å². The van der Waals surface area contributed by atoms with E-state index in [9.17, 15) is 13.9 Å². The highest BCUT2D eigenvalue weighted by Crippen LogP contribution is 2.35. The van der Waals surface area contributed by atoms with Crippen LogP contribution >= 0.6 is 11.6 Å². The van der Waals surface area contributed by atoms with Crippen molar-refractivity contribution in [2.75, 3.05) is 6.54 Å². The minimum Gasteiger partial charge on any atom is -0.388 e. The third kappa shape index (κ3) is 3.23. The lowest BCUT2D eigenvalue weighted by atomic mass is 9.88. The SMILES string of the molecule is Cc1cc(C(O)C(CN)c2ccccc2Cl)c(F)cc1F. The van der Waals surface area contributed by atoms with Gasteiger partial charge in [-0.05, 0) is 30.2 Å². The Hall–Kier alpha value is -1.49. The number of benzene rings is 2. The van der Waals surface area contributed by atoms with Gasteiger partial charge in [-0.15, -0.1) is 0 Å². The molecule has 2 rings (SSSR count). The van der Waals surface area contributed by atoms with Crippen LogP contribution in [0.2, 0.25) is 5.02 Å². The van der Waals surface area contributed by atoms with Gasteiger partial charge in [-0.1, -0.05) is 29.8 Å². The van der Waals surface area contributed by atoms with E-state index in [1.807, 2.05) is 0 Å². The van der Waals surface area contributed by atoms with E-state index in [1.165, 1.54) is 13.0 Å². The standard InChI is InChI=1S/C16H16ClF2NO/c1-9-6-11(15(19)7-14(9)18)16(21)12(8-20)10-4-2-3-5-13(10)17/h2-7,12,16,21H,8,20H2,1H3. The number of aliphatic hydroxyl groups excluding tert-OH is 1. The third-order valence-corrected chi connectivity index (χ3v) is 3.88. The van der Waals surface area contributed by atoms with Crippen LogP contribution in [0.15, 0.2) is 36.4 Å². The molecular weight excluding hydrogens is 296 g/mol. The van der Waals surface area contributed by atoms with Gasteiger partial charge in [-0.2, -0.15) is 0 Å². The highest BCUT2D eigenvalue weighted by Gasteiger charge is 2.26. The van der Waals surface area contributed by atoms with Gasteiger partial charge in [0.2, 0.25) is 0 Å². The van der Waals surface area contributed by atoms with E-state index < -0.39 is 23.7 Å². The molecule has 0 aliphatic rings. The number of rotatable bonds is 4. The topological polar surface area (TPSA) is 46.2 Å². The van der Waals surface area contributed by atoms with E-state index in [-0.39, 0.29) is 17.7 Å². The summed E-state index contributed by atoms with van der Waals surface area (Å²) >= 11 is 6.11. The Bertz CT molecular complexity index is 648. The van der Waals surface area contributed by atoms with E-state index in [1.54, 1.807) is 24.3 Å². The van der Waals surface area contributed by atoms with Crippen LogP contribution in [0, 0.1) is 18.6 Å². The fraction of sp³-hybridized carbons (Fsp3) is 0.250. The molecule has 0 fully saturated rings. The number of halogens is 3. The Morgan fingerprint density at radius 1 is 1.14 bits per heavy atom. The first-order chi connectivity index (χ1) is 9.95. The third-order valence-electron chi connectivity index (χ3n) is 3.54. The number of aryl methyl sites for hydroxylation is 1. The lowest BCUT2D eigenvalue weighted by Crippen LogP contribution is -2.21. The van der Waals surface area contributed by atoms with E-state index in [0.29, 0.717) is 10.6 Å².